The van der Waals surface area contributed by atoms with E-state index < -0.39 is 0 Å². The number of H-pyrrole nitrogens is 1. The van der Waals surface area contributed by atoms with Crippen molar-refractivity contribution >= 4 is 11.4 Å². The molecular formula is C21H19N5O. The van der Waals surface area contributed by atoms with E-state index in [1.54, 1.807) is 17.0 Å². The standard InChI is InChI=1S/C21H19N5O/c1-14-6-5-9-26-20(14)16(10-24-26)21(27)25-11-17(15-7-3-2-4-8-15)19-18(12-25)22-13-23-19/h2-10,13,17H,11-12H2,1H3,(H,22,23). The van der Waals surface area contributed by atoms with Crippen LogP contribution >= 0.6 is 0 Å². The van der Waals surface area contributed by atoms with Gasteiger partial charge in [-0.25, -0.2) is 9.50 Å². The van der Waals surface area contributed by atoms with Gasteiger partial charge in [0.15, 0.2) is 0 Å². The molecule has 0 radical (unpaired) electrons. The number of aromatic amines is 1. The van der Waals surface area contributed by atoms with E-state index in [4.69, 9.17) is 0 Å². The molecule has 0 bridgehead atoms. The number of aryl methyl sites for hydroxylation is 1. The van der Waals surface area contributed by atoms with Crippen molar-refractivity contribution in [2.24, 2.45) is 0 Å². The van der Waals surface area contributed by atoms with Crippen molar-refractivity contribution < 1.29 is 4.79 Å². The number of carbonyl (C=O) groups is 1. The Kier molecular flexibility index (Phi) is 3.57. The molecule has 3 aromatic heterocycles. The number of imidazole rings is 1. The number of nitrogens with zero attached hydrogens (tertiary/aromatic N) is 4. The average molecular weight is 357 g/mol. The molecule has 1 amide bonds. The van der Waals surface area contributed by atoms with Crippen molar-refractivity contribution in [1.82, 2.24) is 24.5 Å². The maximum Gasteiger partial charge on any atom is 0.258 e. The molecule has 1 aromatic carbocycles. The number of hydrogen-bond acceptors (Lipinski definition) is 3. The molecule has 1 atom stereocenters. The zero-order valence-corrected chi connectivity index (χ0v) is 15.0. The maximum atomic E-state index is 13.4. The summed E-state index contributed by atoms with van der Waals surface area (Å²) >= 11 is 0. The molecule has 6 nitrogen and oxygen atoms in total. The highest BCUT2D eigenvalue weighted by Crippen LogP contribution is 2.32. The lowest BCUT2D eigenvalue weighted by Gasteiger charge is -2.32. The summed E-state index contributed by atoms with van der Waals surface area (Å²) in [5, 5.41) is 4.36. The molecular weight excluding hydrogens is 338 g/mol. The molecule has 4 aromatic rings. The first kappa shape index (κ1) is 15.8. The Labute approximate surface area is 156 Å². The molecule has 6 heteroatoms. The molecule has 27 heavy (non-hydrogen) atoms. The SMILES string of the molecule is Cc1cccn2ncc(C(=O)N3Cc4[nH]cnc4C(c4ccccc4)C3)c12. The van der Waals surface area contributed by atoms with Gasteiger partial charge < -0.3 is 9.88 Å². The highest BCUT2D eigenvalue weighted by atomic mass is 16.2. The van der Waals surface area contributed by atoms with Crippen LogP contribution in [-0.2, 0) is 6.54 Å². The molecule has 1 aliphatic heterocycles. The van der Waals surface area contributed by atoms with Gasteiger partial charge in [-0.2, -0.15) is 5.10 Å². The molecule has 0 aliphatic carbocycles. The molecule has 1 aliphatic rings. The first-order valence-electron chi connectivity index (χ1n) is 9.01. The maximum absolute atomic E-state index is 13.4. The summed E-state index contributed by atoms with van der Waals surface area (Å²) in [4.78, 5) is 23.0. The van der Waals surface area contributed by atoms with Gasteiger partial charge in [-0.3, -0.25) is 4.79 Å². The quantitative estimate of drug-likeness (QED) is 0.599. The summed E-state index contributed by atoms with van der Waals surface area (Å²) in [6.07, 6.45) is 5.26. The van der Waals surface area contributed by atoms with Crippen LogP contribution in [-0.4, -0.2) is 36.9 Å². The number of amides is 1. The van der Waals surface area contributed by atoms with Crippen molar-refractivity contribution in [3.8, 4) is 0 Å². The van der Waals surface area contributed by atoms with E-state index in [2.05, 4.69) is 27.2 Å². The second-order valence-corrected chi connectivity index (χ2v) is 6.96. The smallest absolute Gasteiger partial charge is 0.258 e. The lowest BCUT2D eigenvalue weighted by atomic mass is 9.90. The number of benzene rings is 1. The van der Waals surface area contributed by atoms with Crippen LogP contribution in [0.3, 0.4) is 0 Å². The topological polar surface area (TPSA) is 66.3 Å². The van der Waals surface area contributed by atoms with Crippen LogP contribution in [0.2, 0.25) is 0 Å². The number of hydrogen-bond donors (Lipinski definition) is 1. The third-order valence-corrected chi connectivity index (χ3v) is 5.30. The Hall–Kier alpha value is -3.41. The first-order chi connectivity index (χ1) is 13.2. The molecule has 1 N–H and O–H groups in total. The van der Waals surface area contributed by atoms with Crippen LogP contribution in [0.5, 0.6) is 0 Å². The van der Waals surface area contributed by atoms with Crippen molar-refractivity contribution in [3.63, 3.8) is 0 Å². The zero-order chi connectivity index (χ0) is 18.4. The van der Waals surface area contributed by atoms with Crippen LogP contribution in [0.25, 0.3) is 5.52 Å². The van der Waals surface area contributed by atoms with E-state index in [0.29, 0.717) is 18.7 Å². The van der Waals surface area contributed by atoms with E-state index >= 15 is 0 Å². The van der Waals surface area contributed by atoms with Gasteiger partial charge in [0.2, 0.25) is 0 Å². The monoisotopic (exact) mass is 357 g/mol. The van der Waals surface area contributed by atoms with Gasteiger partial charge in [0.05, 0.1) is 41.5 Å². The van der Waals surface area contributed by atoms with E-state index in [1.165, 1.54) is 5.56 Å². The van der Waals surface area contributed by atoms with Crippen LogP contribution in [0.4, 0.5) is 0 Å². The second-order valence-electron chi connectivity index (χ2n) is 6.96. The Balaban J connectivity index is 1.55. The van der Waals surface area contributed by atoms with Crippen LogP contribution in [0.15, 0.2) is 61.2 Å². The minimum atomic E-state index is 0.000445. The third kappa shape index (κ3) is 2.52. The Morgan fingerprint density at radius 1 is 1.19 bits per heavy atom. The predicted octanol–water partition coefficient (Wildman–Crippen LogP) is 3.15. The Morgan fingerprint density at radius 3 is 2.89 bits per heavy atom. The van der Waals surface area contributed by atoms with Gasteiger partial charge in [0, 0.05) is 18.7 Å². The van der Waals surface area contributed by atoms with Crippen molar-refractivity contribution in [2.45, 2.75) is 19.4 Å². The van der Waals surface area contributed by atoms with E-state index in [9.17, 15) is 4.79 Å². The predicted molar refractivity (Wildman–Crippen MR) is 102 cm³/mol. The molecule has 4 heterocycles. The lowest BCUT2D eigenvalue weighted by molar-refractivity contribution is 0.0724. The molecule has 134 valence electrons. The summed E-state index contributed by atoms with van der Waals surface area (Å²) < 4.78 is 1.77. The average Bonchev–Trinajstić information content (AvgIpc) is 3.35. The minimum absolute atomic E-state index is 0.000445. The van der Waals surface area contributed by atoms with E-state index in [1.807, 2.05) is 48.4 Å². The molecule has 5 rings (SSSR count). The number of aromatic nitrogens is 4. The van der Waals surface area contributed by atoms with Crippen molar-refractivity contribution in [1.29, 1.82) is 0 Å². The number of rotatable bonds is 2. The van der Waals surface area contributed by atoms with Gasteiger partial charge in [0.25, 0.3) is 5.91 Å². The minimum Gasteiger partial charge on any atom is -0.347 e. The number of carbonyl (C=O) groups excluding carboxylic acids is 1. The molecule has 0 saturated heterocycles. The largest absolute Gasteiger partial charge is 0.347 e. The van der Waals surface area contributed by atoms with Crippen LogP contribution in [0.1, 0.15) is 38.8 Å². The van der Waals surface area contributed by atoms with E-state index in [0.717, 1.165) is 22.5 Å². The zero-order valence-electron chi connectivity index (χ0n) is 15.0. The fourth-order valence-electron chi connectivity index (χ4n) is 3.97. The molecule has 1 unspecified atom stereocenters. The Bertz CT molecular complexity index is 1130. The number of pyridine rings is 1. The number of nitrogens with one attached hydrogen (secondary N) is 1. The fraction of sp³-hybridized carbons (Fsp3) is 0.190. The van der Waals surface area contributed by atoms with Crippen molar-refractivity contribution in [2.75, 3.05) is 6.54 Å². The highest BCUT2D eigenvalue weighted by Gasteiger charge is 2.32. The summed E-state index contributed by atoms with van der Waals surface area (Å²) in [6.45, 7) is 3.13. The second kappa shape index (κ2) is 6.09. The normalized spacial score (nSPS) is 16.5. The fourth-order valence-corrected chi connectivity index (χ4v) is 3.97. The highest BCUT2D eigenvalue weighted by molar-refractivity contribution is 6.01. The van der Waals surface area contributed by atoms with E-state index in [-0.39, 0.29) is 11.8 Å². The molecule has 0 fully saturated rings. The Morgan fingerprint density at radius 2 is 2.04 bits per heavy atom. The molecule has 0 saturated carbocycles. The molecule has 0 spiro atoms. The van der Waals surface area contributed by atoms with Gasteiger partial charge in [-0.05, 0) is 24.1 Å². The van der Waals surface area contributed by atoms with Gasteiger partial charge in [-0.15, -0.1) is 0 Å². The van der Waals surface area contributed by atoms with Crippen LogP contribution in [0, 0.1) is 6.92 Å². The van der Waals surface area contributed by atoms with Gasteiger partial charge in [-0.1, -0.05) is 36.4 Å². The summed E-state index contributed by atoms with van der Waals surface area (Å²) in [7, 11) is 0. The first-order valence-corrected chi connectivity index (χ1v) is 9.01. The summed E-state index contributed by atoms with van der Waals surface area (Å²) in [5.74, 6) is 0.0635. The van der Waals surface area contributed by atoms with Gasteiger partial charge >= 0.3 is 0 Å². The van der Waals surface area contributed by atoms with Crippen LogP contribution < -0.4 is 0 Å². The summed E-state index contributed by atoms with van der Waals surface area (Å²) in [6, 6.07) is 14.2. The lowest BCUT2D eigenvalue weighted by Crippen LogP contribution is -2.38. The van der Waals surface area contributed by atoms with Gasteiger partial charge in [0.1, 0.15) is 0 Å². The summed E-state index contributed by atoms with van der Waals surface area (Å²) in [5.41, 5.74) is 5.74. The van der Waals surface area contributed by atoms with Crippen molar-refractivity contribution in [3.05, 3.63) is 89.3 Å². The third-order valence-electron chi connectivity index (χ3n) is 5.30. The number of fused-ring (bicyclic) bond motifs is 2.